The van der Waals surface area contributed by atoms with E-state index in [0.29, 0.717) is 38.2 Å². The number of halogens is 3. The molecule has 0 N–H and O–H groups in total. The second kappa shape index (κ2) is 18.3. The van der Waals surface area contributed by atoms with Gasteiger partial charge < -0.3 is 19.6 Å². The topological polar surface area (TPSA) is 76.1 Å². The Bertz CT molecular complexity index is 2070. The summed E-state index contributed by atoms with van der Waals surface area (Å²) in [7, 11) is 0. The normalized spacial score (nSPS) is 15.8. The largest absolute Gasteiger partial charge is 0.416 e. The number of nitrogens with zero attached hydrogens (tertiary/aromatic N) is 7. The maximum absolute atomic E-state index is 14.7. The van der Waals surface area contributed by atoms with E-state index in [-0.39, 0.29) is 12.5 Å². The van der Waals surface area contributed by atoms with Gasteiger partial charge in [-0.05, 0) is 58.7 Å². The van der Waals surface area contributed by atoms with E-state index in [1.807, 2.05) is 77.7 Å². The van der Waals surface area contributed by atoms with Crippen LogP contribution in [0.25, 0.3) is 6.08 Å². The predicted octanol–water partition coefficient (Wildman–Crippen LogP) is 6.82. The van der Waals surface area contributed by atoms with Crippen molar-refractivity contribution in [3.05, 3.63) is 162 Å². The number of amides is 2. The molecule has 0 unspecified atom stereocenters. The summed E-state index contributed by atoms with van der Waals surface area (Å²) in [5, 5.41) is 0. The van der Waals surface area contributed by atoms with Crippen LogP contribution in [0.5, 0.6) is 0 Å². The first-order chi connectivity index (χ1) is 27.7. The van der Waals surface area contributed by atoms with E-state index < -0.39 is 23.7 Å². The first-order valence-corrected chi connectivity index (χ1v) is 19.3. The number of benzene rings is 4. The van der Waals surface area contributed by atoms with Crippen LogP contribution in [0.2, 0.25) is 0 Å². The molecule has 7 rings (SSSR count). The maximum Gasteiger partial charge on any atom is 0.416 e. The first-order valence-electron chi connectivity index (χ1n) is 19.3. The van der Waals surface area contributed by atoms with Crippen molar-refractivity contribution in [1.29, 1.82) is 0 Å². The van der Waals surface area contributed by atoms with Crippen LogP contribution in [0.3, 0.4) is 0 Å². The summed E-state index contributed by atoms with van der Waals surface area (Å²) >= 11 is 0. The minimum atomic E-state index is -4.46. The molecule has 57 heavy (non-hydrogen) atoms. The lowest BCUT2D eigenvalue weighted by Gasteiger charge is -2.39. The summed E-state index contributed by atoms with van der Waals surface area (Å²) < 4.78 is 39.7. The summed E-state index contributed by atoms with van der Waals surface area (Å²) in [5.41, 5.74) is 3.72. The van der Waals surface area contributed by atoms with Crippen molar-refractivity contribution in [2.24, 2.45) is 0 Å². The van der Waals surface area contributed by atoms with Crippen molar-refractivity contribution < 1.29 is 22.8 Å². The fraction of sp³-hybridized carbons (Fsp3) is 0.289. The molecule has 2 aliphatic rings. The van der Waals surface area contributed by atoms with Crippen molar-refractivity contribution in [3.8, 4) is 0 Å². The van der Waals surface area contributed by atoms with E-state index in [1.165, 1.54) is 29.8 Å². The van der Waals surface area contributed by atoms with Gasteiger partial charge in [-0.1, -0.05) is 84.9 Å². The van der Waals surface area contributed by atoms with Gasteiger partial charge >= 0.3 is 6.18 Å². The summed E-state index contributed by atoms with van der Waals surface area (Å²) in [6.45, 7) is 6.56. The third kappa shape index (κ3) is 10.4. The van der Waals surface area contributed by atoms with Gasteiger partial charge in [0.25, 0.3) is 0 Å². The number of hydrogen-bond acceptors (Lipinski definition) is 7. The lowest BCUT2D eigenvalue weighted by molar-refractivity contribution is -0.145. The molecule has 3 heterocycles. The number of anilines is 2. The van der Waals surface area contributed by atoms with E-state index in [1.54, 1.807) is 23.4 Å². The zero-order chi connectivity index (χ0) is 39.6. The molecule has 2 saturated heterocycles. The molecule has 2 amide bonds. The molecule has 12 heteroatoms. The van der Waals surface area contributed by atoms with Crippen LogP contribution in [0.4, 0.5) is 24.8 Å². The van der Waals surface area contributed by atoms with Gasteiger partial charge in [-0.3, -0.25) is 14.5 Å². The van der Waals surface area contributed by atoms with Crippen LogP contribution in [-0.2, 0) is 35.3 Å². The summed E-state index contributed by atoms with van der Waals surface area (Å²) in [4.78, 5) is 48.0. The highest BCUT2D eigenvalue weighted by molar-refractivity contribution is 5.95. The smallest absolute Gasteiger partial charge is 0.368 e. The van der Waals surface area contributed by atoms with Crippen molar-refractivity contribution in [2.75, 3.05) is 62.2 Å². The van der Waals surface area contributed by atoms with Crippen LogP contribution in [0, 0.1) is 0 Å². The molecule has 0 radical (unpaired) electrons. The van der Waals surface area contributed by atoms with Crippen LogP contribution < -0.4 is 9.80 Å². The maximum atomic E-state index is 14.7. The SMILES string of the molecule is O=C([C@H](Cc1ccccc1)N(Cc1ccc(N2CCN(c3ncccn3)CC2)cc1)C(=O)/C=C/c1ccc(C(F)(F)F)cc1)N1CCN(Cc2ccccc2)CC1. The predicted molar refractivity (Wildman–Crippen MR) is 216 cm³/mol. The van der Waals surface area contributed by atoms with Gasteiger partial charge in [-0.2, -0.15) is 13.2 Å². The second-order valence-electron chi connectivity index (χ2n) is 14.4. The molecule has 294 valence electrons. The number of carbonyl (C=O) groups is 2. The molecule has 0 spiro atoms. The molecule has 5 aromatic rings. The van der Waals surface area contributed by atoms with Gasteiger partial charge in [0, 0.05) is 96.0 Å². The quantitative estimate of drug-likeness (QED) is 0.129. The van der Waals surface area contributed by atoms with Gasteiger partial charge in [0.2, 0.25) is 17.8 Å². The Morgan fingerprint density at radius 2 is 1.26 bits per heavy atom. The van der Waals surface area contributed by atoms with Gasteiger partial charge in [-0.15, -0.1) is 0 Å². The molecule has 9 nitrogen and oxygen atoms in total. The lowest BCUT2D eigenvalue weighted by Crippen LogP contribution is -2.56. The number of aromatic nitrogens is 2. The van der Waals surface area contributed by atoms with Crippen LogP contribution >= 0.6 is 0 Å². The highest BCUT2D eigenvalue weighted by Crippen LogP contribution is 2.29. The summed E-state index contributed by atoms with van der Waals surface area (Å²) in [6, 6.07) is 33.6. The molecule has 0 saturated carbocycles. The van der Waals surface area contributed by atoms with Crippen molar-refractivity contribution >= 4 is 29.5 Å². The molecule has 4 aromatic carbocycles. The molecular formula is C45H46F3N7O2. The second-order valence-corrected chi connectivity index (χ2v) is 14.4. The Hall–Kier alpha value is -6.01. The van der Waals surface area contributed by atoms with Gasteiger partial charge in [0.1, 0.15) is 6.04 Å². The zero-order valence-corrected chi connectivity index (χ0v) is 31.7. The highest BCUT2D eigenvalue weighted by Gasteiger charge is 2.34. The van der Waals surface area contributed by atoms with E-state index in [4.69, 9.17) is 0 Å². The van der Waals surface area contributed by atoms with Crippen molar-refractivity contribution in [3.63, 3.8) is 0 Å². The fourth-order valence-corrected chi connectivity index (χ4v) is 7.36. The third-order valence-electron chi connectivity index (χ3n) is 10.6. The summed E-state index contributed by atoms with van der Waals surface area (Å²) in [5.74, 6) is 0.180. The summed E-state index contributed by atoms with van der Waals surface area (Å²) in [6.07, 6.45) is 2.19. The van der Waals surface area contributed by atoms with E-state index in [9.17, 15) is 22.8 Å². The Kier molecular flexibility index (Phi) is 12.6. The zero-order valence-electron chi connectivity index (χ0n) is 31.7. The van der Waals surface area contributed by atoms with Gasteiger partial charge in [0.05, 0.1) is 5.56 Å². The number of piperazine rings is 2. The molecule has 1 aromatic heterocycles. The average molecular weight is 774 g/mol. The molecule has 2 aliphatic heterocycles. The Balaban J connectivity index is 1.12. The first kappa shape index (κ1) is 39.2. The number of carbonyl (C=O) groups excluding carboxylic acids is 2. The number of rotatable bonds is 12. The number of hydrogen-bond donors (Lipinski definition) is 0. The van der Waals surface area contributed by atoms with Gasteiger partial charge in [0.15, 0.2) is 0 Å². The molecular weight excluding hydrogens is 728 g/mol. The Morgan fingerprint density at radius 1 is 0.667 bits per heavy atom. The minimum absolute atomic E-state index is 0.133. The fourth-order valence-electron chi connectivity index (χ4n) is 7.36. The highest BCUT2D eigenvalue weighted by atomic mass is 19.4. The van der Waals surface area contributed by atoms with Crippen LogP contribution in [-0.4, -0.2) is 94.9 Å². The molecule has 0 aliphatic carbocycles. The van der Waals surface area contributed by atoms with Crippen LogP contribution in [0.15, 0.2) is 134 Å². The third-order valence-corrected chi connectivity index (χ3v) is 10.6. The van der Waals surface area contributed by atoms with Crippen LogP contribution in [0.1, 0.15) is 27.8 Å². The number of alkyl halides is 3. The Morgan fingerprint density at radius 3 is 1.88 bits per heavy atom. The minimum Gasteiger partial charge on any atom is -0.368 e. The average Bonchev–Trinajstić information content (AvgIpc) is 3.25. The molecule has 0 bridgehead atoms. The standard InChI is InChI=1S/C45H46F3N7O2/c46-45(47,48)39-17-12-35(13-18-39)16-21-42(56)55(34-38-14-19-40(20-15-38)52-28-30-54(31-29-52)44-49-22-7-23-50-44)41(32-36-8-3-1-4-9-36)43(57)53-26-24-51(25-27-53)33-37-10-5-2-6-11-37/h1-23,41H,24-34H2/b21-16+/t41-/m0/s1. The van der Waals surface area contributed by atoms with E-state index >= 15 is 0 Å². The Labute approximate surface area is 331 Å². The monoisotopic (exact) mass is 773 g/mol. The van der Waals surface area contributed by atoms with E-state index in [2.05, 4.69) is 36.8 Å². The van der Waals surface area contributed by atoms with Crippen molar-refractivity contribution in [1.82, 2.24) is 24.7 Å². The van der Waals surface area contributed by atoms with E-state index in [0.717, 1.165) is 67.6 Å². The lowest BCUT2D eigenvalue weighted by atomic mass is 10.0. The molecule has 1 atom stereocenters. The van der Waals surface area contributed by atoms with Gasteiger partial charge in [-0.25, -0.2) is 9.97 Å². The van der Waals surface area contributed by atoms with Crippen molar-refractivity contribution in [2.45, 2.75) is 31.7 Å². The molecule has 2 fully saturated rings.